The maximum atomic E-state index is 12.8. The van der Waals surface area contributed by atoms with E-state index in [1.807, 2.05) is 42.6 Å². The highest BCUT2D eigenvalue weighted by molar-refractivity contribution is 6.05. The van der Waals surface area contributed by atoms with Gasteiger partial charge in [0.05, 0.1) is 39.8 Å². The van der Waals surface area contributed by atoms with E-state index in [4.69, 9.17) is 4.98 Å². The zero-order valence-electron chi connectivity index (χ0n) is 17.4. The van der Waals surface area contributed by atoms with Crippen LogP contribution in [-0.2, 0) is 0 Å². The summed E-state index contributed by atoms with van der Waals surface area (Å²) in [6, 6.07) is 9.60. The van der Waals surface area contributed by atoms with E-state index in [1.54, 1.807) is 12.1 Å². The molecule has 0 radical (unpaired) electrons. The van der Waals surface area contributed by atoms with E-state index in [2.05, 4.69) is 33.4 Å². The predicted octanol–water partition coefficient (Wildman–Crippen LogP) is 3.91. The molecule has 0 spiro atoms. The second-order valence-corrected chi connectivity index (χ2v) is 8.04. The first-order valence-electron chi connectivity index (χ1n) is 10.2. The Kier molecular flexibility index (Phi) is 4.47. The van der Waals surface area contributed by atoms with E-state index in [0.717, 1.165) is 52.4 Å². The molecule has 1 aliphatic rings. The fourth-order valence-electron chi connectivity index (χ4n) is 4.11. The molecule has 4 heterocycles. The van der Waals surface area contributed by atoms with Crippen LogP contribution >= 0.6 is 0 Å². The average molecular weight is 400 g/mol. The summed E-state index contributed by atoms with van der Waals surface area (Å²) in [4.78, 5) is 29.0. The first kappa shape index (κ1) is 18.7. The van der Waals surface area contributed by atoms with Crippen molar-refractivity contribution in [2.45, 2.75) is 32.7 Å². The smallest absolute Gasteiger partial charge is 0.255 e. The highest BCUT2D eigenvalue weighted by atomic mass is 16.1. The van der Waals surface area contributed by atoms with Crippen molar-refractivity contribution in [2.24, 2.45) is 0 Å². The Labute approximate surface area is 174 Å². The number of rotatable bonds is 3. The molecule has 1 aliphatic heterocycles. The SMILES string of the molecule is Cc1nc2ccc(C(=O)Nc3ccc4nc(C5CCCN5C)cn4c3)cc2nc1C. The monoisotopic (exact) mass is 400 g/mol. The van der Waals surface area contributed by atoms with Gasteiger partial charge in [-0.2, -0.15) is 0 Å². The Bertz CT molecular complexity index is 1280. The zero-order valence-corrected chi connectivity index (χ0v) is 17.4. The summed E-state index contributed by atoms with van der Waals surface area (Å²) in [5.74, 6) is -0.174. The molecule has 1 N–H and O–H groups in total. The number of benzene rings is 1. The highest BCUT2D eigenvalue weighted by Gasteiger charge is 2.24. The van der Waals surface area contributed by atoms with Gasteiger partial charge in [0.1, 0.15) is 5.65 Å². The molecule has 0 bridgehead atoms. The Morgan fingerprint density at radius 3 is 2.60 bits per heavy atom. The van der Waals surface area contributed by atoms with Gasteiger partial charge in [0.25, 0.3) is 5.91 Å². The molecule has 3 aromatic heterocycles. The van der Waals surface area contributed by atoms with Crippen LogP contribution < -0.4 is 5.32 Å². The maximum Gasteiger partial charge on any atom is 0.255 e. The van der Waals surface area contributed by atoms with Crippen LogP contribution in [0.25, 0.3) is 16.7 Å². The number of aromatic nitrogens is 4. The lowest BCUT2D eigenvalue weighted by molar-refractivity contribution is 0.102. The summed E-state index contributed by atoms with van der Waals surface area (Å²) in [6.45, 7) is 4.96. The molecule has 1 atom stereocenters. The molecule has 4 aromatic rings. The number of hydrogen-bond acceptors (Lipinski definition) is 5. The van der Waals surface area contributed by atoms with Crippen molar-refractivity contribution in [1.29, 1.82) is 0 Å². The summed E-state index contributed by atoms with van der Waals surface area (Å²) in [5.41, 5.74) is 6.53. The zero-order chi connectivity index (χ0) is 20.8. The van der Waals surface area contributed by atoms with E-state index in [1.165, 1.54) is 6.42 Å². The molecule has 152 valence electrons. The number of nitrogens with one attached hydrogen (secondary N) is 1. The van der Waals surface area contributed by atoms with Crippen LogP contribution in [0.4, 0.5) is 5.69 Å². The summed E-state index contributed by atoms with van der Waals surface area (Å²) in [7, 11) is 2.14. The molecule has 1 unspecified atom stereocenters. The summed E-state index contributed by atoms with van der Waals surface area (Å²) in [5, 5.41) is 2.98. The number of pyridine rings is 1. The van der Waals surface area contributed by atoms with Crippen LogP contribution in [0.15, 0.2) is 42.7 Å². The molecule has 1 fully saturated rings. The molecule has 5 rings (SSSR count). The van der Waals surface area contributed by atoms with Crippen LogP contribution in [0.5, 0.6) is 0 Å². The fraction of sp³-hybridized carbons (Fsp3) is 0.304. The number of likely N-dealkylation sites (tertiary alicyclic amines) is 1. The second kappa shape index (κ2) is 7.18. The normalized spacial score (nSPS) is 17.1. The minimum atomic E-state index is -0.174. The molecule has 1 aromatic carbocycles. The van der Waals surface area contributed by atoms with Crippen molar-refractivity contribution in [3.05, 3.63) is 65.4 Å². The molecule has 0 aliphatic carbocycles. The number of imidazole rings is 1. The van der Waals surface area contributed by atoms with Gasteiger partial charge in [0.15, 0.2) is 0 Å². The largest absolute Gasteiger partial charge is 0.321 e. The third kappa shape index (κ3) is 3.31. The average Bonchev–Trinajstić information content (AvgIpc) is 3.33. The van der Waals surface area contributed by atoms with Crippen molar-refractivity contribution < 1.29 is 4.79 Å². The van der Waals surface area contributed by atoms with E-state index < -0.39 is 0 Å². The molecule has 1 amide bonds. The third-order valence-electron chi connectivity index (χ3n) is 5.93. The predicted molar refractivity (Wildman–Crippen MR) is 117 cm³/mol. The number of carbonyl (C=O) groups excluding carboxylic acids is 1. The van der Waals surface area contributed by atoms with Crippen molar-refractivity contribution >= 4 is 28.3 Å². The molecule has 1 saturated heterocycles. The Balaban J connectivity index is 1.40. The van der Waals surface area contributed by atoms with Crippen LogP contribution in [-0.4, -0.2) is 43.8 Å². The number of aryl methyl sites for hydroxylation is 2. The van der Waals surface area contributed by atoms with E-state index in [0.29, 0.717) is 11.6 Å². The number of fused-ring (bicyclic) bond motifs is 2. The summed E-state index contributed by atoms with van der Waals surface area (Å²) >= 11 is 0. The lowest BCUT2D eigenvalue weighted by Crippen LogP contribution is -2.17. The van der Waals surface area contributed by atoms with E-state index in [9.17, 15) is 4.79 Å². The van der Waals surface area contributed by atoms with Gasteiger partial charge in [-0.05, 0) is 70.6 Å². The number of carbonyl (C=O) groups is 1. The van der Waals surface area contributed by atoms with Gasteiger partial charge in [-0.15, -0.1) is 0 Å². The number of hydrogen-bond donors (Lipinski definition) is 1. The Hall–Kier alpha value is -3.32. The highest BCUT2D eigenvalue weighted by Crippen LogP contribution is 2.30. The first-order valence-corrected chi connectivity index (χ1v) is 10.2. The van der Waals surface area contributed by atoms with Gasteiger partial charge in [-0.25, -0.2) is 15.0 Å². The summed E-state index contributed by atoms with van der Waals surface area (Å²) < 4.78 is 1.98. The molecule has 0 saturated carbocycles. The number of nitrogens with zero attached hydrogens (tertiary/aromatic N) is 5. The Morgan fingerprint density at radius 2 is 1.83 bits per heavy atom. The molecular formula is C23H24N6O. The van der Waals surface area contributed by atoms with Crippen LogP contribution in [0.1, 0.15) is 46.3 Å². The standard InChI is InChI=1S/C23H24N6O/c1-14-15(2)25-19-11-16(6-8-18(19)24-14)23(30)26-17-7-9-22-27-20(13-29(22)12-17)21-5-4-10-28(21)3/h6-9,11-13,21H,4-5,10H2,1-3H3,(H,26,30). The van der Waals surface area contributed by atoms with Gasteiger partial charge >= 0.3 is 0 Å². The lowest BCUT2D eigenvalue weighted by Gasteiger charge is -2.16. The Morgan fingerprint density at radius 1 is 1.03 bits per heavy atom. The minimum absolute atomic E-state index is 0.174. The van der Waals surface area contributed by atoms with Crippen molar-refractivity contribution in [3.8, 4) is 0 Å². The van der Waals surface area contributed by atoms with Gasteiger partial charge < -0.3 is 9.72 Å². The number of amides is 1. The van der Waals surface area contributed by atoms with Crippen molar-refractivity contribution in [2.75, 3.05) is 18.9 Å². The molecule has 30 heavy (non-hydrogen) atoms. The number of anilines is 1. The molecule has 7 nitrogen and oxygen atoms in total. The van der Waals surface area contributed by atoms with Gasteiger partial charge in [-0.1, -0.05) is 0 Å². The second-order valence-electron chi connectivity index (χ2n) is 8.04. The third-order valence-corrected chi connectivity index (χ3v) is 5.93. The topological polar surface area (TPSA) is 75.4 Å². The van der Waals surface area contributed by atoms with E-state index in [-0.39, 0.29) is 5.91 Å². The lowest BCUT2D eigenvalue weighted by atomic mass is 10.1. The minimum Gasteiger partial charge on any atom is -0.321 e. The van der Waals surface area contributed by atoms with Crippen molar-refractivity contribution in [1.82, 2.24) is 24.3 Å². The van der Waals surface area contributed by atoms with Crippen LogP contribution in [0.2, 0.25) is 0 Å². The van der Waals surface area contributed by atoms with Gasteiger partial charge in [0.2, 0.25) is 0 Å². The van der Waals surface area contributed by atoms with Crippen molar-refractivity contribution in [3.63, 3.8) is 0 Å². The molecular weight excluding hydrogens is 376 g/mol. The van der Waals surface area contributed by atoms with Crippen LogP contribution in [0, 0.1) is 13.8 Å². The maximum absolute atomic E-state index is 12.8. The summed E-state index contributed by atoms with van der Waals surface area (Å²) in [6.07, 6.45) is 6.31. The van der Waals surface area contributed by atoms with E-state index >= 15 is 0 Å². The first-order chi connectivity index (χ1) is 14.5. The fourth-order valence-corrected chi connectivity index (χ4v) is 4.11. The van der Waals surface area contributed by atoms with Gasteiger partial charge in [-0.3, -0.25) is 9.69 Å². The van der Waals surface area contributed by atoms with Gasteiger partial charge in [0, 0.05) is 18.0 Å². The van der Waals surface area contributed by atoms with Crippen LogP contribution in [0.3, 0.4) is 0 Å². The quantitative estimate of drug-likeness (QED) is 0.564. The molecule has 7 heteroatoms.